The number of rotatable bonds is 2. The fourth-order valence-electron chi connectivity index (χ4n) is 2.04. The van der Waals surface area contributed by atoms with Gasteiger partial charge in [0, 0.05) is 9.75 Å². The van der Waals surface area contributed by atoms with E-state index in [1.807, 2.05) is 43.3 Å². The number of thiocarbonyl (C=S) groups is 1. The summed E-state index contributed by atoms with van der Waals surface area (Å²) in [5.41, 5.74) is 1.99. The second kappa shape index (κ2) is 5.75. The lowest BCUT2D eigenvalue weighted by atomic mass is 10.2. The number of anilines is 1. The summed E-state index contributed by atoms with van der Waals surface area (Å²) < 4.78 is 0.586. The molecule has 1 aliphatic rings. The van der Waals surface area contributed by atoms with Crippen LogP contribution in [0.4, 0.5) is 5.69 Å². The molecular formula is C16H13NOS3. The highest BCUT2D eigenvalue weighted by molar-refractivity contribution is 8.27. The molecule has 2 aromatic rings. The Hall–Kier alpha value is -1.43. The van der Waals surface area contributed by atoms with Crippen molar-refractivity contribution in [3.8, 4) is 0 Å². The van der Waals surface area contributed by atoms with Crippen molar-refractivity contribution in [2.75, 3.05) is 4.90 Å². The maximum Gasteiger partial charge on any atom is 0.270 e. The predicted molar refractivity (Wildman–Crippen MR) is 95.9 cm³/mol. The second-order valence-electron chi connectivity index (χ2n) is 4.80. The van der Waals surface area contributed by atoms with E-state index in [1.54, 1.807) is 16.2 Å². The van der Waals surface area contributed by atoms with Crippen molar-refractivity contribution in [1.29, 1.82) is 0 Å². The number of hydrogen-bond acceptors (Lipinski definition) is 4. The summed E-state index contributed by atoms with van der Waals surface area (Å²) in [5, 5.41) is 0. The Bertz CT molecular complexity index is 743. The first-order valence-corrected chi connectivity index (χ1v) is 8.50. The number of thiophene rings is 1. The third-order valence-corrected chi connectivity index (χ3v) is 5.37. The van der Waals surface area contributed by atoms with E-state index < -0.39 is 0 Å². The molecule has 1 amide bonds. The van der Waals surface area contributed by atoms with Crippen molar-refractivity contribution in [2.45, 2.75) is 13.8 Å². The first-order chi connectivity index (χ1) is 10.0. The van der Waals surface area contributed by atoms with Crippen molar-refractivity contribution in [3.63, 3.8) is 0 Å². The summed E-state index contributed by atoms with van der Waals surface area (Å²) in [6.45, 7) is 4.08. The first kappa shape index (κ1) is 14.5. The molecule has 2 nitrogen and oxygen atoms in total. The SMILES string of the molecule is Cc1ccc(N2C(=O)/C(=C\c3ccc(C)s3)SC2=S)cc1. The maximum absolute atomic E-state index is 12.6. The molecular weight excluding hydrogens is 318 g/mol. The zero-order chi connectivity index (χ0) is 15.0. The quantitative estimate of drug-likeness (QED) is 0.584. The smallest absolute Gasteiger partial charge is 0.268 e. The van der Waals surface area contributed by atoms with Crippen LogP contribution in [-0.2, 0) is 4.79 Å². The van der Waals surface area contributed by atoms with Gasteiger partial charge < -0.3 is 0 Å². The lowest BCUT2D eigenvalue weighted by Gasteiger charge is -2.14. The molecule has 0 N–H and O–H groups in total. The molecule has 0 atom stereocenters. The van der Waals surface area contributed by atoms with Gasteiger partial charge in [0.1, 0.15) is 0 Å². The molecule has 3 rings (SSSR count). The monoisotopic (exact) mass is 331 g/mol. The van der Waals surface area contributed by atoms with Crippen LogP contribution in [0.3, 0.4) is 0 Å². The van der Waals surface area contributed by atoms with Gasteiger partial charge >= 0.3 is 0 Å². The number of hydrogen-bond donors (Lipinski definition) is 0. The minimum Gasteiger partial charge on any atom is -0.268 e. The van der Waals surface area contributed by atoms with Gasteiger partial charge in [-0.2, -0.15) is 0 Å². The molecule has 2 heterocycles. The van der Waals surface area contributed by atoms with Crippen LogP contribution in [-0.4, -0.2) is 10.2 Å². The highest BCUT2D eigenvalue weighted by Gasteiger charge is 2.33. The molecule has 21 heavy (non-hydrogen) atoms. The van der Waals surface area contributed by atoms with Gasteiger partial charge in [0.05, 0.1) is 10.6 Å². The molecule has 5 heteroatoms. The fraction of sp³-hybridized carbons (Fsp3) is 0.125. The molecule has 1 saturated heterocycles. The lowest BCUT2D eigenvalue weighted by Crippen LogP contribution is -2.27. The molecule has 1 aromatic heterocycles. The Kier molecular flexibility index (Phi) is 3.97. The molecule has 0 radical (unpaired) electrons. The summed E-state index contributed by atoms with van der Waals surface area (Å²) in [7, 11) is 0. The van der Waals surface area contributed by atoms with Crippen LogP contribution in [0.15, 0.2) is 41.3 Å². The first-order valence-electron chi connectivity index (χ1n) is 6.45. The Morgan fingerprint density at radius 3 is 2.43 bits per heavy atom. The number of benzene rings is 1. The van der Waals surface area contributed by atoms with E-state index in [1.165, 1.54) is 16.6 Å². The summed E-state index contributed by atoms with van der Waals surface area (Å²) in [6, 6.07) is 11.9. The normalized spacial score (nSPS) is 17.0. The number of aryl methyl sites for hydroxylation is 2. The summed E-state index contributed by atoms with van der Waals surface area (Å²) in [5.74, 6) is -0.0418. The van der Waals surface area contributed by atoms with E-state index in [0.717, 1.165) is 16.1 Å². The van der Waals surface area contributed by atoms with Gasteiger partial charge in [0.2, 0.25) is 0 Å². The van der Waals surface area contributed by atoms with Crippen molar-refractivity contribution in [1.82, 2.24) is 0 Å². The van der Waals surface area contributed by atoms with E-state index in [2.05, 4.69) is 13.0 Å². The number of carbonyl (C=O) groups excluding carboxylic acids is 1. The van der Waals surface area contributed by atoms with Crippen molar-refractivity contribution in [3.05, 3.63) is 56.6 Å². The average molecular weight is 331 g/mol. The van der Waals surface area contributed by atoms with Crippen LogP contribution >= 0.6 is 35.3 Å². The molecule has 0 saturated carbocycles. The average Bonchev–Trinajstić information content (AvgIpc) is 2.96. The molecule has 1 fully saturated rings. The van der Waals surface area contributed by atoms with Gasteiger partial charge in [-0.05, 0) is 44.2 Å². The highest BCUT2D eigenvalue weighted by atomic mass is 32.2. The number of thioether (sulfide) groups is 1. The Labute approximate surface area is 137 Å². The second-order valence-corrected chi connectivity index (χ2v) is 7.80. The third kappa shape index (κ3) is 2.95. The minimum atomic E-state index is -0.0418. The van der Waals surface area contributed by atoms with Crippen LogP contribution in [0.2, 0.25) is 0 Å². The topological polar surface area (TPSA) is 20.3 Å². The number of carbonyl (C=O) groups is 1. The van der Waals surface area contributed by atoms with Gasteiger partial charge in [-0.25, -0.2) is 0 Å². The van der Waals surface area contributed by atoms with Gasteiger partial charge in [-0.15, -0.1) is 11.3 Å². The Morgan fingerprint density at radius 1 is 1.10 bits per heavy atom. The molecule has 0 aliphatic carbocycles. The van der Waals surface area contributed by atoms with Gasteiger partial charge in [0.25, 0.3) is 5.91 Å². The third-order valence-electron chi connectivity index (χ3n) is 3.12. The zero-order valence-electron chi connectivity index (χ0n) is 11.6. The minimum absolute atomic E-state index is 0.0418. The van der Waals surface area contributed by atoms with Crippen LogP contribution in [0, 0.1) is 13.8 Å². The van der Waals surface area contributed by atoms with Crippen molar-refractivity contribution >= 4 is 57.3 Å². The fourth-order valence-corrected chi connectivity index (χ4v) is 4.23. The predicted octanol–water partition coefficient (Wildman–Crippen LogP) is 4.77. The largest absolute Gasteiger partial charge is 0.270 e. The van der Waals surface area contributed by atoms with Gasteiger partial charge in [0.15, 0.2) is 4.32 Å². The van der Waals surface area contributed by atoms with E-state index in [4.69, 9.17) is 12.2 Å². The van der Waals surface area contributed by atoms with Crippen molar-refractivity contribution < 1.29 is 4.79 Å². The van der Waals surface area contributed by atoms with E-state index in [0.29, 0.717) is 9.23 Å². The number of amides is 1. The lowest BCUT2D eigenvalue weighted by molar-refractivity contribution is -0.113. The molecule has 0 unspecified atom stereocenters. The molecule has 0 spiro atoms. The standard InChI is InChI=1S/C16H13NOS3/c1-10-3-6-12(7-4-10)17-15(18)14(21-16(17)19)9-13-8-5-11(2)20-13/h3-9H,1-2H3/b14-9+. The van der Waals surface area contributed by atoms with Crippen LogP contribution in [0.5, 0.6) is 0 Å². The van der Waals surface area contributed by atoms with E-state index in [-0.39, 0.29) is 5.91 Å². The zero-order valence-corrected chi connectivity index (χ0v) is 14.1. The molecule has 1 aliphatic heterocycles. The van der Waals surface area contributed by atoms with Gasteiger partial charge in [-0.1, -0.05) is 41.7 Å². The summed E-state index contributed by atoms with van der Waals surface area (Å²) in [4.78, 5) is 17.2. The molecule has 0 bridgehead atoms. The van der Waals surface area contributed by atoms with Crippen LogP contribution < -0.4 is 4.90 Å². The summed E-state index contributed by atoms with van der Waals surface area (Å²) in [6.07, 6.45) is 1.92. The number of nitrogens with zero attached hydrogens (tertiary/aromatic N) is 1. The van der Waals surface area contributed by atoms with Crippen LogP contribution in [0.25, 0.3) is 6.08 Å². The Morgan fingerprint density at radius 2 is 1.81 bits per heavy atom. The van der Waals surface area contributed by atoms with Crippen molar-refractivity contribution in [2.24, 2.45) is 0 Å². The van der Waals surface area contributed by atoms with Gasteiger partial charge in [-0.3, -0.25) is 9.69 Å². The molecule has 1 aromatic carbocycles. The summed E-state index contributed by atoms with van der Waals surface area (Å²) >= 11 is 8.40. The molecule has 106 valence electrons. The van der Waals surface area contributed by atoms with Crippen LogP contribution in [0.1, 0.15) is 15.3 Å². The maximum atomic E-state index is 12.6. The Balaban J connectivity index is 1.92. The highest BCUT2D eigenvalue weighted by Crippen LogP contribution is 2.36. The van der Waals surface area contributed by atoms with E-state index >= 15 is 0 Å². The van der Waals surface area contributed by atoms with E-state index in [9.17, 15) is 4.79 Å².